The molecule has 0 radical (unpaired) electrons. The largest absolute Gasteiger partial charge is 0.479 e. The molecule has 3 nitrogen and oxygen atoms in total. The fraction of sp³-hybridized carbons (Fsp3) is 0.417. The molecule has 0 spiro atoms. The minimum absolute atomic E-state index is 0.351. The molecule has 0 amide bonds. The summed E-state index contributed by atoms with van der Waals surface area (Å²) in [5.74, 6) is -0.227. The van der Waals surface area contributed by atoms with Gasteiger partial charge in [-0.15, -0.1) is 0 Å². The molecule has 2 atom stereocenters. The zero-order chi connectivity index (χ0) is 13.3. The van der Waals surface area contributed by atoms with Gasteiger partial charge in [0.15, 0.2) is 0 Å². The van der Waals surface area contributed by atoms with E-state index in [1.54, 1.807) is 30.0 Å². The number of halogens is 2. The van der Waals surface area contributed by atoms with E-state index in [0.29, 0.717) is 22.4 Å². The quantitative estimate of drug-likeness (QED) is 0.869. The second kappa shape index (κ2) is 5.31. The molecular formula is C12H13BrClNO2S. The third-order valence-corrected chi connectivity index (χ3v) is 5.57. The Morgan fingerprint density at radius 2 is 2.39 bits per heavy atom. The van der Waals surface area contributed by atoms with Gasteiger partial charge in [0, 0.05) is 21.2 Å². The van der Waals surface area contributed by atoms with Crippen LogP contribution in [0.4, 0.5) is 5.69 Å². The molecular weight excluding hydrogens is 338 g/mol. The number of hydrogen-bond acceptors (Lipinski definition) is 3. The van der Waals surface area contributed by atoms with Crippen molar-refractivity contribution in [1.29, 1.82) is 0 Å². The van der Waals surface area contributed by atoms with E-state index in [4.69, 9.17) is 11.6 Å². The lowest BCUT2D eigenvalue weighted by Gasteiger charge is -2.26. The summed E-state index contributed by atoms with van der Waals surface area (Å²) in [6.45, 7) is 2.05. The van der Waals surface area contributed by atoms with Crippen LogP contribution in [0.15, 0.2) is 22.7 Å². The van der Waals surface area contributed by atoms with E-state index in [0.717, 1.165) is 10.2 Å². The molecule has 1 fully saturated rings. The van der Waals surface area contributed by atoms with Crippen LogP contribution in [0.2, 0.25) is 5.02 Å². The summed E-state index contributed by atoms with van der Waals surface area (Å²) in [5, 5.41) is 13.6. The van der Waals surface area contributed by atoms with Gasteiger partial charge in [0.25, 0.3) is 0 Å². The second-order valence-corrected chi connectivity index (χ2v) is 7.16. The van der Waals surface area contributed by atoms with Crippen LogP contribution in [0, 0.1) is 0 Å². The standard InChI is InChI=1S/C12H13BrClNO2S/c1-7-5-12(6-18-7,11(16)17)15-8-2-3-10(14)9(13)4-8/h2-4,7,15H,5-6H2,1H3,(H,16,17). The predicted molar refractivity (Wildman–Crippen MR) is 79.7 cm³/mol. The molecule has 0 saturated carbocycles. The summed E-state index contributed by atoms with van der Waals surface area (Å²) < 4.78 is 0.758. The maximum atomic E-state index is 11.5. The Labute approximate surface area is 123 Å². The Bertz CT molecular complexity index is 485. The van der Waals surface area contributed by atoms with Crippen molar-refractivity contribution in [2.45, 2.75) is 24.1 Å². The number of nitrogens with one attached hydrogen (secondary N) is 1. The van der Waals surface area contributed by atoms with E-state index >= 15 is 0 Å². The third-order valence-electron chi connectivity index (χ3n) is 2.96. The minimum atomic E-state index is -0.878. The second-order valence-electron chi connectivity index (χ2n) is 4.47. The molecule has 0 bridgehead atoms. The molecule has 1 aromatic rings. The Morgan fingerprint density at radius 3 is 2.89 bits per heavy atom. The number of carbonyl (C=O) groups is 1. The van der Waals surface area contributed by atoms with E-state index in [1.807, 2.05) is 0 Å². The van der Waals surface area contributed by atoms with Crippen LogP contribution in [0.1, 0.15) is 13.3 Å². The van der Waals surface area contributed by atoms with Crippen LogP contribution in [0.5, 0.6) is 0 Å². The molecule has 1 aromatic carbocycles. The van der Waals surface area contributed by atoms with Gasteiger partial charge in [0.05, 0.1) is 5.02 Å². The van der Waals surface area contributed by atoms with Crippen molar-refractivity contribution in [3.63, 3.8) is 0 Å². The van der Waals surface area contributed by atoms with Crippen LogP contribution < -0.4 is 5.32 Å². The molecule has 0 aromatic heterocycles. The number of carboxylic acid groups (broad SMARTS) is 1. The predicted octanol–water partition coefficient (Wildman–Crippen LogP) is 3.86. The molecule has 1 saturated heterocycles. The number of anilines is 1. The zero-order valence-electron chi connectivity index (χ0n) is 9.74. The molecule has 1 aliphatic rings. The van der Waals surface area contributed by atoms with Crippen LogP contribution in [-0.4, -0.2) is 27.6 Å². The van der Waals surface area contributed by atoms with Crippen LogP contribution in [0.25, 0.3) is 0 Å². The summed E-state index contributed by atoms with van der Waals surface area (Å²) in [4.78, 5) is 11.5. The first-order chi connectivity index (χ1) is 8.43. The van der Waals surface area contributed by atoms with Gasteiger partial charge in [-0.3, -0.25) is 0 Å². The van der Waals surface area contributed by atoms with Gasteiger partial charge in [-0.05, 0) is 40.5 Å². The van der Waals surface area contributed by atoms with Gasteiger partial charge in [0.2, 0.25) is 0 Å². The highest BCUT2D eigenvalue weighted by Crippen LogP contribution is 2.38. The third kappa shape index (κ3) is 2.78. The van der Waals surface area contributed by atoms with E-state index in [-0.39, 0.29) is 0 Å². The van der Waals surface area contributed by atoms with Crippen molar-refractivity contribution in [3.8, 4) is 0 Å². The number of carboxylic acids is 1. The minimum Gasteiger partial charge on any atom is -0.479 e. The highest BCUT2D eigenvalue weighted by Gasteiger charge is 2.44. The van der Waals surface area contributed by atoms with E-state index in [1.165, 1.54) is 0 Å². The number of benzene rings is 1. The van der Waals surface area contributed by atoms with Crippen molar-refractivity contribution in [3.05, 3.63) is 27.7 Å². The van der Waals surface area contributed by atoms with Crippen LogP contribution >= 0.6 is 39.3 Å². The number of aliphatic carboxylic acids is 1. The Morgan fingerprint density at radius 1 is 1.67 bits per heavy atom. The van der Waals surface area contributed by atoms with Gasteiger partial charge in [-0.1, -0.05) is 18.5 Å². The molecule has 2 unspecified atom stereocenters. The van der Waals surface area contributed by atoms with Crippen molar-refractivity contribution in [2.24, 2.45) is 0 Å². The smallest absolute Gasteiger partial charge is 0.330 e. The van der Waals surface area contributed by atoms with E-state index in [9.17, 15) is 9.90 Å². The maximum absolute atomic E-state index is 11.5. The van der Waals surface area contributed by atoms with Gasteiger partial charge in [-0.2, -0.15) is 11.8 Å². The summed E-state index contributed by atoms with van der Waals surface area (Å²) in [7, 11) is 0. The van der Waals surface area contributed by atoms with Gasteiger partial charge in [0.1, 0.15) is 5.54 Å². The molecule has 2 N–H and O–H groups in total. The highest BCUT2D eigenvalue weighted by atomic mass is 79.9. The first-order valence-corrected chi connectivity index (χ1v) is 7.73. The molecule has 2 rings (SSSR count). The van der Waals surface area contributed by atoms with Crippen LogP contribution in [-0.2, 0) is 4.79 Å². The molecule has 0 aliphatic carbocycles. The first-order valence-electron chi connectivity index (χ1n) is 5.51. The molecule has 18 heavy (non-hydrogen) atoms. The topological polar surface area (TPSA) is 49.3 Å². The van der Waals surface area contributed by atoms with Crippen molar-refractivity contribution in [1.82, 2.24) is 0 Å². The Kier molecular flexibility index (Phi) is 4.14. The van der Waals surface area contributed by atoms with E-state index < -0.39 is 11.5 Å². The average Bonchev–Trinajstić information content (AvgIpc) is 2.67. The average molecular weight is 351 g/mol. The SMILES string of the molecule is CC1CC(Nc2ccc(Cl)c(Br)c2)(C(=O)O)CS1. The lowest BCUT2D eigenvalue weighted by atomic mass is 9.96. The number of hydrogen-bond donors (Lipinski definition) is 2. The maximum Gasteiger partial charge on any atom is 0.330 e. The molecule has 98 valence electrons. The lowest BCUT2D eigenvalue weighted by Crippen LogP contribution is -2.46. The number of thioether (sulfide) groups is 1. The fourth-order valence-electron chi connectivity index (χ4n) is 2.03. The van der Waals surface area contributed by atoms with Gasteiger partial charge >= 0.3 is 5.97 Å². The fourth-order valence-corrected chi connectivity index (χ4v) is 3.81. The zero-order valence-corrected chi connectivity index (χ0v) is 12.9. The first kappa shape index (κ1) is 14.0. The Hall–Kier alpha value is -0.390. The summed E-state index contributed by atoms with van der Waals surface area (Å²) >= 11 is 10.9. The lowest BCUT2D eigenvalue weighted by molar-refractivity contribution is -0.141. The van der Waals surface area contributed by atoms with Gasteiger partial charge in [-0.25, -0.2) is 4.79 Å². The summed E-state index contributed by atoms with van der Waals surface area (Å²) in [6.07, 6.45) is 0.618. The molecule has 1 heterocycles. The molecule has 6 heteroatoms. The van der Waals surface area contributed by atoms with E-state index in [2.05, 4.69) is 28.2 Å². The van der Waals surface area contributed by atoms with Gasteiger partial charge < -0.3 is 10.4 Å². The van der Waals surface area contributed by atoms with Crippen LogP contribution in [0.3, 0.4) is 0 Å². The van der Waals surface area contributed by atoms with Crippen molar-refractivity contribution in [2.75, 3.05) is 11.1 Å². The van der Waals surface area contributed by atoms with Crippen molar-refractivity contribution < 1.29 is 9.90 Å². The summed E-state index contributed by atoms with van der Waals surface area (Å²) in [6, 6.07) is 5.35. The summed E-state index contributed by atoms with van der Waals surface area (Å²) in [5.41, 5.74) is -0.111. The highest BCUT2D eigenvalue weighted by molar-refractivity contribution is 9.10. The number of rotatable bonds is 3. The molecule has 1 aliphatic heterocycles. The van der Waals surface area contributed by atoms with Crippen molar-refractivity contribution >= 4 is 50.9 Å². The monoisotopic (exact) mass is 349 g/mol. The normalized spacial score (nSPS) is 27.2. The Balaban J connectivity index is 2.24.